The first kappa shape index (κ1) is 18.0. The molecule has 0 bridgehead atoms. The van der Waals surface area contributed by atoms with Crippen LogP contribution in [0.5, 0.6) is 0 Å². The lowest BCUT2D eigenvalue weighted by molar-refractivity contribution is -0.138. The molecule has 1 amide bonds. The van der Waals surface area contributed by atoms with Gasteiger partial charge in [0.2, 0.25) is 0 Å². The largest absolute Gasteiger partial charge is 0.463 e. The standard InChI is InChI=1S/C17H25N3O4/c1-6-23-15(21)13-7-8-20(16(22)24-17(2,3)4)11-14(13)12-9-18-19(5)10-12/h9-10H,6-8,11H2,1-5H3. The Balaban J connectivity index is 2.29. The van der Waals surface area contributed by atoms with E-state index in [2.05, 4.69) is 5.10 Å². The molecular weight excluding hydrogens is 310 g/mol. The molecule has 7 heteroatoms. The number of rotatable bonds is 3. The number of carbonyl (C=O) groups is 2. The van der Waals surface area contributed by atoms with Crippen molar-refractivity contribution in [2.75, 3.05) is 19.7 Å². The molecule has 2 rings (SSSR count). The number of hydrogen-bond acceptors (Lipinski definition) is 5. The first-order chi connectivity index (χ1) is 11.2. The van der Waals surface area contributed by atoms with E-state index < -0.39 is 5.60 Å². The van der Waals surface area contributed by atoms with Crippen LogP contribution in [0.1, 0.15) is 39.7 Å². The van der Waals surface area contributed by atoms with E-state index in [1.807, 2.05) is 34.0 Å². The highest BCUT2D eigenvalue weighted by Crippen LogP contribution is 2.28. The van der Waals surface area contributed by atoms with Crippen LogP contribution >= 0.6 is 0 Å². The highest BCUT2D eigenvalue weighted by molar-refractivity contribution is 5.99. The third-order valence-corrected chi connectivity index (χ3v) is 3.57. The second-order valence-corrected chi connectivity index (χ2v) is 6.73. The van der Waals surface area contributed by atoms with Gasteiger partial charge in [-0.1, -0.05) is 0 Å². The van der Waals surface area contributed by atoms with Crippen LogP contribution in [0.4, 0.5) is 4.79 Å². The number of nitrogens with zero attached hydrogens (tertiary/aromatic N) is 3. The first-order valence-corrected chi connectivity index (χ1v) is 8.07. The smallest absolute Gasteiger partial charge is 0.410 e. The predicted molar refractivity (Wildman–Crippen MR) is 89.2 cm³/mol. The molecule has 1 aromatic rings. The molecule has 1 aliphatic heterocycles. The first-order valence-electron chi connectivity index (χ1n) is 8.07. The van der Waals surface area contributed by atoms with Gasteiger partial charge in [0.15, 0.2) is 0 Å². The summed E-state index contributed by atoms with van der Waals surface area (Å²) in [6.45, 7) is 8.31. The maximum Gasteiger partial charge on any atom is 0.410 e. The van der Waals surface area contributed by atoms with Gasteiger partial charge in [0.05, 0.1) is 19.3 Å². The van der Waals surface area contributed by atoms with Gasteiger partial charge in [0.1, 0.15) is 5.60 Å². The fourth-order valence-electron chi connectivity index (χ4n) is 2.53. The van der Waals surface area contributed by atoms with Crippen LogP contribution in [0.3, 0.4) is 0 Å². The fourth-order valence-corrected chi connectivity index (χ4v) is 2.53. The van der Waals surface area contributed by atoms with Crippen LogP contribution < -0.4 is 0 Å². The molecule has 0 saturated carbocycles. The third-order valence-electron chi connectivity index (χ3n) is 3.57. The number of amides is 1. The Morgan fingerprint density at radius 2 is 2.04 bits per heavy atom. The summed E-state index contributed by atoms with van der Waals surface area (Å²) in [7, 11) is 1.81. The highest BCUT2D eigenvalue weighted by Gasteiger charge is 2.30. The molecule has 7 nitrogen and oxygen atoms in total. The quantitative estimate of drug-likeness (QED) is 0.793. The average molecular weight is 335 g/mol. The third kappa shape index (κ3) is 4.37. The zero-order chi connectivity index (χ0) is 17.9. The molecule has 1 aliphatic rings. The molecule has 0 unspecified atom stereocenters. The van der Waals surface area contributed by atoms with Gasteiger partial charge in [-0.25, -0.2) is 9.59 Å². The van der Waals surface area contributed by atoms with Crippen LogP contribution in [0, 0.1) is 0 Å². The van der Waals surface area contributed by atoms with Crippen molar-refractivity contribution in [1.82, 2.24) is 14.7 Å². The van der Waals surface area contributed by atoms with Crippen LogP contribution in [-0.2, 0) is 21.3 Å². The lowest BCUT2D eigenvalue weighted by Crippen LogP contribution is -2.41. The Bertz CT molecular complexity index is 655. The number of ether oxygens (including phenoxy) is 2. The topological polar surface area (TPSA) is 73.7 Å². The molecule has 132 valence electrons. The summed E-state index contributed by atoms with van der Waals surface area (Å²) < 4.78 is 12.3. The zero-order valence-electron chi connectivity index (χ0n) is 15.0. The molecule has 2 heterocycles. The van der Waals surface area contributed by atoms with E-state index in [-0.39, 0.29) is 12.1 Å². The van der Waals surface area contributed by atoms with Gasteiger partial charge in [-0.2, -0.15) is 5.10 Å². The molecule has 24 heavy (non-hydrogen) atoms. The van der Waals surface area contributed by atoms with Crippen molar-refractivity contribution in [3.8, 4) is 0 Å². The average Bonchev–Trinajstić information content (AvgIpc) is 2.91. The maximum absolute atomic E-state index is 12.3. The van der Waals surface area contributed by atoms with Crippen LogP contribution in [0.2, 0.25) is 0 Å². The van der Waals surface area contributed by atoms with Crippen molar-refractivity contribution in [3.63, 3.8) is 0 Å². The van der Waals surface area contributed by atoms with Gasteiger partial charge >= 0.3 is 12.1 Å². The van der Waals surface area contributed by atoms with E-state index in [0.29, 0.717) is 31.7 Å². The van der Waals surface area contributed by atoms with Gasteiger partial charge < -0.3 is 14.4 Å². The SMILES string of the molecule is CCOC(=O)C1=C(c2cnn(C)c2)CN(C(=O)OC(C)(C)C)CC1. The van der Waals surface area contributed by atoms with E-state index in [0.717, 1.165) is 11.1 Å². The molecule has 0 atom stereocenters. The van der Waals surface area contributed by atoms with E-state index in [4.69, 9.17) is 9.47 Å². The Kier molecular flexibility index (Phi) is 5.31. The number of hydrogen-bond donors (Lipinski definition) is 0. The van der Waals surface area contributed by atoms with Crippen LogP contribution in [-0.4, -0.2) is 52.0 Å². The number of aryl methyl sites for hydroxylation is 1. The Hall–Kier alpha value is -2.31. The number of esters is 1. The molecule has 0 spiro atoms. The van der Waals surface area contributed by atoms with Gasteiger partial charge in [-0.15, -0.1) is 0 Å². The second kappa shape index (κ2) is 7.07. The van der Waals surface area contributed by atoms with E-state index in [1.54, 1.807) is 22.7 Å². The molecule has 0 saturated heterocycles. The highest BCUT2D eigenvalue weighted by atomic mass is 16.6. The van der Waals surface area contributed by atoms with Gasteiger partial charge in [-0.3, -0.25) is 4.68 Å². The fraction of sp³-hybridized carbons (Fsp3) is 0.588. The van der Waals surface area contributed by atoms with Crippen molar-refractivity contribution in [2.24, 2.45) is 7.05 Å². The van der Waals surface area contributed by atoms with Gasteiger partial charge in [-0.05, 0) is 39.7 Å². The molecule has 0 fully saturated rings. The Morgan fingerprint density at radius 1 is 1.33 bits per heavy atom. The summed E-state index contributed by atoms with van der Waals surface area (Å²) in [5.74, 6) is -0.333. The molecule has 0 aliphatic carbocycles. The number of carbonyl (C=O) groups excluding carboxylic acids is 2. The lowest BCUT2D eigenvalue weighted by Gasteiger charge is -2.32. The van der Waals surface area contributed by atoms with Crippen LogP contribution in [0.15, 0.2) is 18.0 Å². The lowest BCUT2D eigenvalue weighted by atomic mass is 9.96. The van der Waals surface area contributed by atoms with Crippen LogP contribution in [0.25, 0.3) is 5.57 Å². The van der Waals surface area contributed by atoms with Crippen molar-refractivity contribution >= 4 is 17.6 Å². The molecule has 0 N–H and O–H groups in total. The van der Waals surface area contributed by atoms with E-state index in [1.165, 1.54) is 0 Å². The minimum atomic E-state index is -0.559. The minimum Gasteiger partial charge on any atom is -0.463 e. The van der Waals surface area contributed by atoms with Crippen molar-refractivity contribution in [2.45, 2.75) is 39.7 Å². The second-order valence-electron chi connectivity index (χ2n) is 6.73. The van der Waals surface area contributed by atoms with E-state index >= 15 is 0 Å². The molecule has 0 radical (unpaired) electrons. The van der Waals surface area contributed by atoms with Crippen molar-refractivity contribution in [1.29, 1.82) is 0 Å². The maximum atomic E-state index is 12.3. The van der Waals surface area contributed by atoms with Crippen molar-refractivity contribution < 1.29 is 19.1 Å². The molecular formula is C17H25N3O4. The summed E-state index contributed by atoms with van der Waals surface area (Å²) in [6.07, 6.45) is 3.56. The van der Waals surface area contributed by atoms with Gasteiger partial charge in [0.25, 0.3) is 0 Å². The Labute approximate surface area is 142 Å². The molecule has 0 aromatic carbocycles. The summed E-state index contributed by atoms with van der Waals surface area (Å²) in [5, 5.41) is 4.16. The summed E-state index contributed by atoms with van der Waals surface area (Å²) >= 11 is 0. The summed E-state index contributed by atoms with van der Waals surface area (Å²) in [6, 6.07) is 0. The minimum absolute atomic E-state index is 0.300. The zero-order valence-corrected chi connectivity index (χ0v) is 15.0. The summed E-state index contributed by atoms with van der Waals surface area (Å²) in [5.41, 5.74) is 1.62. The van der Waals surface area contributed by atoms with E-state index in [9.17, 15) is 9.59 Å². The van der Waals surface area contributed by atoms with Crippen molar-refractivity contribution in [3.05, 3.63) is 23.5 Å². The van der Waals surface area contributed by atoms with Gasteiger partial charge in [0, 0.05) is 30.9 Å². The summed E-state index contributed by atoms with van der Waals surface area (Å²) in [4.78, 5) is 26.2. The molecule has 1 aromatic heterocycles. The predicted octanol–water partition coefficient (Wildman–Crippen LogP) is 2.38. The number of aromatic nitrogens is 2. The normalized spacial score (nSPS) is 15.5. The monoisotopic (exact) mass is 335 g/mol. The Morgan fingerprint density at radius 3 is 2.58 bits per heavy atom.